The molecule has 1 heteroatoms. The molecule has 0 spiro atoms. The summed E-state index contributed by atoms with van der Waals surface area (Å²) in [4.78, 5) is 11.6. The van der Waals surface area contributed by atoms with E-state index in [0.717, 1.165) is 18.3 Å². The van der Waals surface area contributed by atoms with Gasteiger partial charge in [-0.05, 0) is 31.1 Å². The minimum atomic E-state index is 0.481. The summed E-state index contributed by atoms with van der Waals surface area (Å²) in [5, 5.41) is 0. The van der Waals surface area contributed by atoms with Gasteiger partial charge in [-0.3, -0.25) is 4.79 Å². The summed E-state index contributed by atoms with van der Waals surface area (Å²) in [6, 6.07) is 0. The third kappa shape index (κ3) is 2.32. The predicted octanol–water partition coefficient (Wildman–Crippen LogP) is 3.18. The topological polar surface area (TPSA) is 17.1 Å². The Morgan fingerprint density at radius 1 is 1.15 bits per heavy atom. The van der Waals surface area contributed by atoms with Gasteiger partial charge < -0.3 is 0 Å². The fourth-order valence-electron chi connectivity index (χ4n) is 2.53. The fourth-order valence-corrected chi connectivity index (χ4v) is 2.53. The Balaban J connectivity index is 1.81. The van der Waals surface area contributed by atoms with E-state index in [0.29, 0.717) is 11.7 Å². The van der Waals surface area contributed by atoms with Crippen molar-refractivity contribution in [2.45, 2.75) is 51.9 Å². The summed E-state index contributed by atoms with van der Waals surface area (Å²) in [6.07, 6.45) is 8.65. The number of hydrogen-bond donors (Lipinski definition) is 0. The molecule has 13 heavy (non-hydrogen) atoms. The van der Waals surface area contributed by atoms with E-state index in [2.05, 4.69) is 6.92 Å². The van der Waals surface area contributed by atoms with Crippen LogP contribution in [0.25, 0.3) is 0 Å². The van der Waals surface area contributed by atoms with E-state index in [9.17, 15) is 4.79 Å². The first kappa shape index (κ1) is 9.23. The summed E-state index contributed by atoms with van der Waals surface area (Å²) in [5.41, 5.74) is 0. The lowest BCUT2D eigenvalue weighted by atomic mass is 9.77. The maximum absolute atomic E-state index is 11.6. The molecule has 0 aromatic heterocycles. The lowest BCUT2D eigenvalue weighted by molar-refractivity contribution is -0.121. The third-order valence-electron chi connectivity index (χ3n) is 3.79. The molecule has 1 nitrogen and oxygen atoms in total. The van der Waals surface area contributed by atoms with E-state index in [1.54, 1.807) is 0 Å². The lowest BCUT2D eigenvalue weighted by Crippen LogP contribution is -2.20. The van der Waals surface area contributed by atoms with E-state index in [-0.39, 0.29) is 0 Å². The number of Topliss-reactive ketones (excluding diaryl/α,β-unsaturated/α-hetero) is 1. The summed E-state index contributed by atoms with van der Waals surface area (Å²) < 4.78 is 0. The fraction of sp³-hybridized carbons (Fsp3) is 0.917. The minimum absolute atomic E-state index is 0.481. The summed E-state index contributed by atoms with van der Waals surface area (Å²) in [7, 11) is 0. The van der Waals surface area contributed by atoms with E-state index in [4.69, 9.17) is 0 Å². The number of carbonyl (C=O) groups excluding carboxylic acids is 1. The zero-order valence-corrected chi connectivity index (χ0v) is 8.59. The van der Waals surface area contributed by atoms with Crippen molar-refractivity contribution >= 4 is 5.78 Å². The second kappa shape index (κ2) is 3.81. The van der Waals surface area contributed by atoms with Crippen LogP contribution in [0.5, 0.6) is 0 Å². The van der Waals surface area contributed by atoms with Crippen molar-refractivity contribution in [2.24, 2.45) is 17.8 Å². The van der Waals surface area contributed by atoms with Crippen molar-refractivity contribution in [3.05, 3.63) is 0 Å². The van der Waals surface area contributed by atoms with E-state index < -0.39 is 0 Å². The Bertz CT molecular complexity index is 193. The molecule has 2 rings (SSSR count). The Hall–Kier alpha value is -0.330. The molecule has 0 aromatic rings. The molecule has 0 heterocycles. The van der Waals surface area contributed by atoms with Crippen LogP contribution in [0.3, 0.4) is 0 Å². The molecule has 0 radical (unpaired) electrons. The monoisotopic (exact) mass is 180 g/mol. The van der Waals surface area contributed by atoms with Crippen molar-refractivity contribution in [2.75, 3.05) is 0 Å². The van der Waals surface area contributed by atoms with Crippen LogP contribution in [0, 0.1) is 17.8 Å². The highest BCUT2D eigenvalue weighted by Gasteiger charge is 2.32. The molecule has 2 aliphatic rings. The van der Waals surface area contributed by atoms with Crippen LogP contribution < -0.4 is 0 Å². The van der Waals surface area contributed by atoms with Gasteiger partial charge in [-0.15, -0.1) is 0 Å². The summed E-state index contributed by atoms with van der Waals surface area (Å²) in [5.74, 6) is 2.58. The number of hydrogen-bond acceptors (Lipinski definition) is 1. The Labute approximate surface area is 80.9 Å². The van der Waals surface area contributed by atoms with Crippen molar-refractivity contribution < 1.29 is 4.79 Å². The minimum Gasteiger partial charge on any atom is -0.299 e. The molecule has 2 fully saturated rings. The van der Waals surface area contributed by atoms with Crippen LogP contribution >= 0.6 is 0 Å². The van der Waals surface area contributed by atoms with Gasteiger partial charge in [0.2, 0.25) is 0 Å². The van der Waals surface area contributed by atoms with Crippen LogP contribution in [0.2, 0.25) is 0 Å². The molecule has 0 aromatic carbocycles. The molecule has 2 saturated carbocycles. The van der Waals surface area contributed by atoms with Gasteiger partial charge in [0.1, 0.15) is 5.78 Å². The molecule has 0 saturated heterocycles. The standard InChI is InChI=1S/C12H20O/c1-9-4-2-3-5-11(9)8-12(13)10-6-7-10/h9-11H,2-8H2,1H3. The Kier molecular flexibility index (Phi) is 2.71. The van der Waals surface area contributed by atoms with Crippen molar-refractivity contribution in [1.82, 2.24) is 0 Å². The van der Waals surface area contributed by atoms with E-state index in [1.807, 2.05) is 0 Å². The lowest BCUT2D eigenvalue weighted by Gasteiger charge is -2.28. The Morgan fingerprint density at radius 3 is 2.46 bits per heavy atom. The van der Waals surface area contributed by atoms with Crippen molar-refractivity contribution in [3.8, 4) is 0 Å². The number of rotatable bonds is 3. The van der Waals surface area contributed by atoms with Gasteiger partial charge in [-0.1, -0.05) is 26.2 Å². The second-order valence-corrected chi connectivity index (χ2v) is 4.97. The molecule has 0 aliphatic heterocycles. The zero-order valence-electron chi connectivity index (χ0n) is 8.59. The van der Waals surface area contributed by atoms with Gasteiger partial charge in [0.15, 0.2) is 0 Å². The van der Waals surface area contributed by atoms with Crippen LogP contribution in [0.1, 0.15) is 51.9 Å². The highest BCUT2D eigenvalue weighted by Crippen LogP contribution is 2.37. The molecular formula is C12H20O. The van der Waals surface area contributed by atoms with Crippen molar-refractivity contribution in [3.63, 3.8) is 0 Å². The first-order chi connectivity index (χ1) is 6.27. The molecule has 0 N–H and O–H groups in total. The largest absolute Gasteiger partial charge is 0.299 e. The van der Waals surface area contributed by atoms with Crippen molar-refractivity contribution in [1.29, 1.82) is 0 Å². The maximum atomic E-state index is 11.6. The van der Waals surface area contributed by atoms with Crippen LogP contribution in [-0.2, 0) is 4.79 Å². The molecule has 2 atom stereocenters. The Morgan fingerprint density at radius 2 is 1.85 bits per heavy atom. The smallest absolute Gasteiger partial charge is 0.136 e. The summed E-state index contributed by atoms with van der Waals surface area (Å²) in [6.45, 7) is 2.32. The molecule has 0 bridgehead atoms. The van der Waals surface area contributed by atoms with E-state index >= 15 is 0 Å². The van der Waals surface area contributed by atoms with Gasteiger partial charge in [-0.25, -0.2) is 0 Å². The van der Waals surface area contributed by atoms with E-state index in [1.165, 1.54) is 38.5 Å². The highest BCUT2D eigenvalue weighted by molar-refractivity contribution is 5.83. The first-order valence-electron chi connectivity index (χ1n) is 5.80. The SMILES string of the molecule is CC1CCCCC1CC(=O)C1CC1. The van der Waals surface area contributed by atoms with Gasteiger partial charge in [0.05, 0.1) is 0 Å². The predicted molar refractivity (Wildman–Crippen MR) is 53.5 cm³/mol. The zero-order chi connectivity index (χ0) is 9.26. The molecule has 2 aliphatic carbocycles. The average Bonchev–Trinajstić information content (AvgIpc) is 2.91. The van der Waals surface area contributed by atoms with Crippen LogP contribution in [-0.4, -0.2) is 5.78 Å². The van der Waals surface area contributed by atoms with Gasteiger partial charge >= 0.3 is 0 Å². The number of ketones is 1. The normalized spacial score (nSPS) is 34.5. The molecular weight excluding hydrogens is 160 g/mol. The molecule has 2 unspecified atom stereocenters. The average molecular weight is 180 g/mol. The molecule has 0 amide bonds. The third-order valence-corrected chi connectivity index (χ3v) is 3.79. The maximum Gasteiger partial charge on any atom is 0.136 e. The molecule has 74 valence electrons. The van der Waals surface area contributed by atoms with Gasteiger partial charge in [0.25, 0.3) is 0 Å². The van der Waals surface area contributed by atoms with Crippen LogP contribution in [0.15, 0.2) is 0 Å². The quantitative estimate of drug-likeness (QED) is 0.652. The summed E-state index contributed by atoms with van der Waals surface area (Å²) >= 11 is 0. The van der Waals surface area contributed by atoms with Gasteiger partial charge in [-0.2, -0.15) is 0 Å². The van der Waals surface area contributed by atoms with Crippen LogP contribution in [0.4, 0.5) is 0 Å². The first-order valence-corrected chi connectivity index (χ1v) is 5.80. The van der Waals surface area contributed by atoms with Gasteiger partial charge in [0, 0.05) is 12.3 Å². The number of carbonyl (C=O) groups is 1. The highest BCUT2D eigenvalue weighted by atomic mass is 16.1. The second-order valence-electron chi connectivity index (χ2n) is 4.97.